The third-order valence-electron chi connectivity index (χ3n) is 4.74. The fourth-order valence-corrected chi connectivity index (χ4v) is 2.97. The van der Waals surface area contributed by atoms with E-state index >= 15 is 0 Å². The predicted octanol–water partition coefficient (Wildman–Crippen LogP) is 3.96. The first-order valence-corrected chi connectivity index (χ1v) is 8.99. The Balaban J connectivity index is 1.51. The molecule has 2 aromatic carbocycles. The lowest BCUT2D eigenvalue weighted by atomic mass is 10.1. The zero-order valence-electron chi connectivity index (χ0n) is 15.9. The van der Waals surface area contributed by atoms with Crippen LogP contribution in [0.25, 0.3) is 10.9 Å². The van der Waals surface area contributed by atoms with E-state index in [1.54, 1.807) is 6.07 Å². The number of H-pyrrole nitrogens is 1. The smallest absolute Gasteiger partial charge is 0.358 e. The van der Waals surface area contributed by atoms with Gasteiger partial charge in [0.15, 0.2) is 0 Å². The number of hydrogen-bond donors (Lipinski definition) is 3. The first-order chi connectivity index (χ1) is 13.7. The fraction of sp³-hybridized carbons (Fsp3) is 0.238. The van der Waals surface area contributed by atoms with E-state index in [-0.39, 0.29) is 24.6 Å². The van der Waals surface area contributed by atoms with Gasteiger partial charge in [0.2, 0.25) is 0 Å². The highest BCUT2D eigenvalue weighted by atomic mass is 19.4. The molecule has 5 nitrogen and oxygen atoms in total. The number of aromatic amines is 1. The summed E-state index contributed by atoms with van der Waals surface area (Å²) >= 11 is 0. The first kappa shape index (κ1) is 20.4. The Labute approximate surface area is 165 Å². The number of halogens is 3. The second kappa shape index (κ2) is 7.98. The lowest BCUT2D eigenvalue weighted by Gasteiger charge is -2.09. The molecule has 8 heteroatoms. The summed E-state index contributed by atoms with van der Waals surface area (Å²) in [6.07, 6.45) is -4.44. The van der Waals surface area contributed by atoms with Crippen LogP contribution in [-0.2, 0) is 6.18 Å². The average Bonchev–Trinajstić information content (AvgIpc) is 2.97. The van der Waals surface area contributed by atoms with E-state index in [0.717, 1.165) is 46.4 Å². The van der Waals surface area contributed by atoms with Crippen molar-refractivity contribution >= 4 is 22.7 Å². The molecule has 0 spiro atoms. The van der Waals surface area contributed by atoms with Crippen LogP contribution in [0.1, 0.15) is 37.5 Å². The average molecular weight is 403 g/mol. The minimum absolute atomic E-state index is 0.119. The number of carbonyl (C=O) groups excluding carboxylic acids is 2. The summed E-state index contributed by atoms with van der Waals surface area (Å²) in [5.41, 5.74) is 2.90. The van der Waals surface area contributed by atoms with E-state index in [2.05, 4.69) is 15.6 Å². The summed E-state index contributed by atoms with van der Waals surface area (Å²) in [6.45, 7) is 4.28. The van der Waals surface area contributed by atoms with Crippen LogP contribution in [0.15, 0.2) is 42.5 Å². The quantitative estimate of drug-likeness (QED) is 0.564. The van der Waals surface area contributed by atoms with Crippen LogP contribution in [0.2, 0.25) is 0 Å². The number of nitrogens with one attached hydrogen (secondary N) is 3. The van der Waals surface area contributed by atoms with Crippen LogP contribution < -0.4 is 10.6 Å². The summed E-state index contributed by atoms with van der Waals surface area (Å²) in [4.78, 5) is 27.6. The van der Waals surface area contributed by atoms with Crippen molar-refractivity contribution in [1.82, 2.24) is 15.6 Å². The van der Waals surface area contributed by atoms with Gasteiger partial charge < -0.3 is 15.6 Å². The number of hydrogen-bond acceptors (Lipinski definition) is 2. The van der Waals surface area contributed by atoms with E-state index in [9.17, 15) is 22.8 Å². The van der Waals surface area contributed by atoms with E-state index in [1.165, 1.54) is 0 Å². The zero-order valence-corrected chi connectivity index (χ0v) is 15.9. The fourth-order valence-electron chi connectivity index (χ4n) is 2.97. The van der Waals surface area contributed by atoms with Crippen LogP contribution >= 0.6 is 0 Å². The highest BCUT2D eigenvalue weighted by molar-refractivity contribution is 5.99. The number of aryl methyl sites for hydroxylation is 2. The molecule has 1 heterocycles. The SMILES string of the molecule is Cc1[nH]c2ccc(C(=O)NCCNC(=O)c3ccc(C(F)(F)F)cc3)cc2c1C. The Morgan fingerprint density at radius 2 is 1.45 bits per heavy atom. The van der Waals surface area contributed by atoms with E-state index < -0.39 is 17.6 Å². The minimum atomic E-state index is -4.44. The van der Waals surface area contributed by atoms with Crippen molar-refractivity contribution in [1.29, 1.82) is 0 Å². The molecule has 0 aliphatic heterocycles. The molecule has 0 fully saturated rings. The molecule has 0 radical (unpaired) electrons. The van der Waals surface area contributed by atoms with Crippen LogP contribution in [0.4, 0.5) is 13.2 Å². The normalized spacial score (nSPS) is 11.5. The highest BCUT2D eigenvalue weighted by Gasteiger charge is 2.30. The molecule has 0 aliphatic carbocycles. The van der Waals surface area contributed by atoms with Crippen molar-refractivity contribution in [2.24, 2.45) is 0 Å². The largest absolute Gasteiger partial charge is 0.416 e. The number of fused-ring (bicyclic) bond motifs is 1. The lowest BCUT2D eigenvalue weighted by molar-refractivity contribution is -0.137. The van der Waals surface area contributed by atoms with Gasteiger partial charge in [-0.15, -0.1) is 0 Å². The summed E-state index contributed by atoms with van der Waals surface area (Å²) in [5, 5.41) is 6.26. The van der Waals surface area contributed by atoms with Gasteiger partial charge in [-0.1, -0.05) is 0 Å². The highest BCUT2D eigenvalue weighted by Crippen LogP contribution is 2.29. The van der Waals surface area contributed by atoms with Gasteiger partial charge >= 0.3 is 6.18 Å². The number of alkyl halides is 3. The topological polar surface area (TPSA) is 74.0 Å². The molecular formula is C21H20F3N3O2. The number of benzene rings is 2. The second-order valence-electron chi connectivity index (χ2n) is 6.72. The lowest BCUT2D eigenvalue weighted by Crippen LogP contribution is -2.34. The van der Waals surface area contributed by atoms with Crippen LogP contribution in [-0.4, -0.2) is 29.9 Å². The third-order valence-corrected chi connectivity index (χ3v) is 4.74. The Kier molecular flexibility index (Phi) is 5.63. The van der Waals surface area contributed by atoms with Gasteiger partial charge in [-0.25, -0.2) is 0 Å². The van der Waals surface area contributed by atoms with Crippen molar-refractivity contribution in [3.8, 4) is 0 Å². The summed E-state index contributed by atoms with van der Waals surface area (Å²) in [6, 6.07) is 9.32. The molecule has 29 heavy (non-hydrogen) atoms. The third kappa shape index (κ3) is 4.59. The van der Waals surface area contributed by atoms with Gasteiger partial charge in [-0.05, 0) is 61.9 Å². The predicted molar refractivity (Wildman–Crippen MR) is 104 cm³/mol. The van der Waals surface area contributed by atoms with Gasteiger partial charge in [0, 0.05) is 40.8 Å². The van der Waals surface area contributed by atoms with Gasteiger partial charge in [0.05, 0.1) is 5.56 Å². The maximum absolute atomic E-state index is 12.6. The standard InChI is InChI=1S/C21H20F3N3O2/c1-12-13(2)27-18-8-5-15(11-17(12)18)20(29)26-10-9-25-19(28)14-3-6-16(7-4-14)21(22,23)24/h3-8,11,27H,9-10H2,1-2H3,(H,25,28)(H,26,29). The number of rotatable bonds is 5. The van der Waals surface area contributed by atoms with Crippen LogP contribution in [0.3, 0.4) is 0 Å². The summed E-state index contributed by atoms with van der Waals surface area (Å²) < 4.78 is 37.7. The molecule has 0 aliphatic rings. The molecule has 2 amide bonds. The molecular weight excluding hydrogens is 383 g/mol. The van der Waals surface area contributed by atoms with Crippen molar-refractivity contribution in [3.63, 3.8) is 0 Å². The Bertz CT molecular complexity index is 1050. The van der Waals surface area contributed by atoms with Crippen molar-refractivity contribution in [3.05, 3.63) is 70.4 Å². The van der Waals surface area contributed by atoms with E-state index in [4.69, 9.17) is 0 Å². The number of aromatic nitrogens is 1. The van der Waals surface area contributed by atoms with Crippen molar-refractivity contribution < 1.29 is 22.8 Å². The summed E-state index contributed by atoms with van der Waals surface area (Å²) in [7, 11) is 0. The maximum Gasteiger partial charge on any atom is 0.416 e. The molecule has 0 bridgehead atoms. The second-order valence-corrected chi connectivity index (χ2v) is 6.72. The molecule has 0 saturated heterocycles. The zero-order chi connectivity index (χ0) is 21.2. The van der Waals surface area contributed by atoms with Gasteiger partial charge in [-0.3, -0.25) is 9.59 Å². The van der Waals surface area contributed by atoms with E-state index in [0.29, 0.717) is 5.56 Å². The van der Waals surface area contributed by atoms with Crippen molar-refractivity contribution in [2.45, 2.75) is 20.0 Å². The Morgan fingerprint density at radius 3 is 2.03 bits per heavy atom. The molecule has 0 saturated carbocycles. The van der Waals surface area contributed by atoms with Crippen LogP contribution in [0.5, 0.6) is 0 Å². The van der Waals surface area contributed by atoms with E-state index in [1.807, 2.05) is 26.0 Å². The number of amides is 2. The van der Waals surface area contributed by atoms with Gasteiger partial charge in [0.1, 0.15) is 0 Å². The maximum atomic E-state index is 12.6. The minimum Gasteiger partial charge on any atom is -0.358 e. The first-order valence-electron chi connectivity index (χ1n) is 8.99. The molecule has 152 valence electrons. The molecule has 0 unspecified atom stereocenters. The van der Waals surface area contributed by atoms with Crippen molar-refractivity contribution in [2.75, 3.05) is 13.1 Å². The monoisotopic (exact) mass is 403 g/mol. The molecule has 3 rings (SSSR count). The van der Waals surface area contributed by atoms with Gasteiger partial charge in [0.25, 0.3) is 11.8 Å². The van der Waals surface area contributed by atoms with Gasteiger partial charge in [-0.2, -0.15) is 13.2 Å². The molecule has 3 N–H and O–H groups in total. The molecule has 1 aromatic heterocycles. The Morgan fingerprint density at radius 1 is 0.897 bits per heavy atom. The summed E-state index contributed by atoms with van der Waals surface area (Å²) in [5.74, 6) is -0.776. The van der Waals surface area contributed by atoms with Crippen LogP contribution in [0, 0.1) is 13.8 Å². The Hall–Kier alpha value is -3.29. The number of carbonyl (C=O) groups is 2. The molecule has 3 aromatic rings. The molecule has 0 atom stereocenters.